The lowest BCUT2D eigenvalue weighted by Gasteiger charge is -2.06. The van der Waals surface area contributed by atoms with Crippen LogP contribution in [0.3, 0.4) is 0 Å². The maximum atomic E-state index is 13.3. The summed E-state index contributed by atoms with van der Waals surface area (Å²) in [7, 11) is 0. The van der Waals surface area contributed by atoms with Gasteiger partial charge in [0.1, 0.15) is 11.8 Å². The maximum Gasteiger partial charge on any atom is 0.201 e. The minimum atomic E-state index is -1.11. The fraction of sp³-hybridized carbons (Fsp3) is 0. The molecule has 17 heavy (non-hydrogen) atoms. The topological polar surface area (TPSA) is 98.0 Å². The molecule has 0 aliphatic carbocycles. The molecule has 0 spiro atoms. The van der Waals surface area contributed by atoms with Crippen molar-refractivity contribution >= 4 is 39.8 Å². The van der Waals surface area contributed by atoms with Crippen LogP contribution < -0.4 is 11.2 Å². The van der Waals surface area contributed by atoms with Crippen molar-refractivity contribution in [2.24, 2.45) is 10.8 Å². The van der Waals surface area contributed by atoms with E-state index in [1.807, 2.05) is 0 Å². The zero-order chi connectivity index (χ0) is 13.0. The molecule has 0 fully saturated rings. The van der Waals surface area contributed by atoms with Crippen molar-refractivity contribution in [3.63, 3.8) is 0 Å². The number of nitrogens with one attached hydrogen (secondary N) is 2. The minimum Gasteiger partial charge on any atom is -0.382 e. The first kappa shape index (κ1) is 13.3. The number of rotatable bonds is 3. The van der Waals surface area contributed by atoms with E-state index in [1.54, 1.807) is 28.7 Å². The van der Waals surface area contributed by atoms with Gasteiger partial charge in [-0.2, -0.15) is 10.4 Å². The van der Waals surface area contributed by atoms with Gasteiger partial charge in [-0.05, 0) is 34.7 Å². The molecule has 0 atom stereocenters. The van der Waals surface area contributed by atoms with Crippen LogP contribution in [-0.4, -0.2) is 11.5 Å². The first-order valence-corrected chi connectivity index (χ1v) is 5.27. The highest BCUT2D eigenvalue weighted by atomic mass is 127. The summed E-state index contributed by atoms with van der Waals surface area (Å²) in [6.07, 6.45) is 0. The molecule has 4 N–H and O–H groups in total. The molecule has 0 aromatic heterocycles. The number of amidine groups is 1. The molecule has 0 saturated heterocycles. The van der Waals surface area contributed by atoms with Gasteiger partial charge in [-0.15, -0.1) is 0 Å². The molecule has 0 heterocycles. The van der Waals surface area contributed by atoms with Crippen molar-refractivity contribution in [1.82, 2.24) is 0 Å². The first-order valence-electron chi connectivity index (χ1n) is 4.19. The summed E-state index contributed by atoms with van der Waals surface area (Å²) in [5, 5.41) is 19.0. The zero-order valence-corrected chi connectivity index (χ0v) is 10.4. The molecule has 1 aromatic rings. The second-order valence-corrected chi connectivity index (χ2v) is 3.98. The van der Waals surface area contributed by atoms with Gasteiger partial charge < -0.3 is 5.73 Å². The quantitative estimate of drug-likeness (QED) is 0.255. The molecule has 0 aliphatic heterocycles. The van der Waals surface area contributed by atoms with Crippen LogP contribution in [0.1, 0.15) is 0 Å². The molecule has 0 radical (unpaired) electrons. The second-order valence-electron chi connectivity index (χ2n) is 2.82. The molecule has 0 unspecified atom stereocenters. The average molecular weight is 349 g/mol. The number of benzene rings is 1. The third-order valence-electron chi connectivity index (χ3n) is 1.68. The van der Waals surface area contributed by atoms with Crippen LogP contribution in [0.5, 0.6) is 0 Å². The molecule has 1 aromatic carbocycles. The summed E-state index contributed by atoms with van der Waals surface area (Å²) < 4.78 is 26.6. The number of hydrogen-bond donors (Lipinski definition) is 3. The number of nitrogens with two attached hydrogens (primary N) is 1. The normalized spacial score (nSPS) is 10.8. The fourth-order valence-corrected chi connectivity index (χ4v) is 1.42. The zero-order valence-electron chi connectivity index (χ0n) is 8.26. The molecular weight excluding hydrogens is 343 g/mol. The van der Waals surface area contributed by atoms with Gasteiger partial charge in [0.15, 0.2) is 17.5 Å². The Labute approximate surface area is 109 Å². The Kier molecular flexibility index (Phi) is 4.33. The average Bonchev–Trinajstić information content (AvgIpc) is 2.28. The molecule has 1 rings (SSSR count). The lowest BCUT2D eigenvalue weighted by Crippen LogP contribution is -2.22. The van der Waals surface area contributed by atoms with Gasteiger partial charge in [0.2, 0.25) is 5.71 Å². The Morgan fingerprint density at radius 3 is 2.71 bits per heavy atom. The molecule has 5 nitrogen and oxygen atoms in total. The van der Waals surface area contributed by atoms with Crippen molar-refractivity contribution in [3.05, 3.63) is 27.3 Å². The van der Waals surface area contributed by atoms with Crippen LogP contribution in [0.15, 0.2) is 17.2 Å². The molecule has 8 heteroatoms. The Morgan fingerprint density at radius 1 is 1.53 bits per heavy atom. The van der Waals surface area contributed by atoms with E-state index in [9.17, 15) is 8.78 Å². The van der Waals surface area contributed by atoms with Gasteiger partial charge in [-0.1, -0.05) is 0 Å². The highest BCUT2D eigenvalue weighted by molar-refractivity contribution is 14.1. The Balaban J connectivity index is 3.09. The lowest BCUT2D eigenvalue weighted by molar-refractivity contribution is 0.510. The van der Waals surface area contributed by atoms with E-state index < -0.39 is 23.2 Å². The minimum absolute atomic E-state index is 0.209. The standard InChI is InChI=1S/C9H6F2IN5/c10-4-1-2-5(12)8(7(4)11)17-16-6(3-13)9(14)15/h1-2,17H,(H3,14,15)/b16-6+. The van der Waals surface area contributed by atoms with E-state index in [4.69, 9.17) is 16.4 Å². The smallest absolute Gasteiger partial charge is 0.201 e. The Morgan fingerprint density at radius 2 is 2.18 bits per heavy atom. The highest BCUT2D eigenvalue weighted by Crippen LogP contribution is 2.23. The number of hydrogen-bond acceptors (Lipinski definition) is 4. The van der Waals surface area contributed by atoms with Gasteiger partial charge in [-0.25, -0.2) is 8.78 Å². The number of nitrogens with zero attached hydrogens (tertiary/aromatic N) is 2. The van der Waals surface area contributed by atoms with Crippen LogP contribution in [0, 0.1) is 31.9 Å². The summed E-state index contributed by atoms with van der Waals surface area (Å²) in [6, 6.07) is 3.86. The molecule has 0 amide bonds. The summed E-state index contributed by atoms with van der Waals surface area (Å²) in [5.41, 5.74) is 6.59. The molecule has 0 saturated carbocycles. The van der Waals surface area contributed by atoms with E-state index in [-0.39, 0.29) is 5.69 Å². The summed E-state index contributed by atoms with van der Waals surface area (Å²) in [4.78, 5) is 0. The van der Waals surface area contributed by atoms with E-state index >= 15 is 0 Å². The molecule has 0 bridgehead atoms. The number of hydrazone groups is 1. The van der Waals surface area contributed by atoms with Crippen molar-refractivity contribution in [2.45, 2.75) is 0 Å². The van der Waals surface area contributed by atoms with Gasteiger partial charge >= 0.3 is 0 Å². The van der Waals surface area contributed by atoms with E-state index in [2.05, 4.69) is 10.5 Å². The number of anilines is 1. The van der Waals surface area contributed by atoms with Crippen molar-refractivity contribution in [3.8, 4) is 6.07 Å². The van der Waals surface area contributed by atoms with Crippen LogP contribution in [0.4, 0.5) is 14.5 Å². The van der Waals surface area contributed by atoms with Gasteiger partial charge in [0.25, 0.3) is 0 Å². The lowest BCUT2D eigenvalue weighted by atomic mass is 10.3. The van der Waals surface area contributed by atoms with Crippen molar-refractivity contribution < 1.29 is 8.78 Å². The summed E-state index contributed by atoms with van der Waals surface area (Å²) in [6.45, 7) is 0. The SMILES string of the molecule is N#C/C(=N\Nc1c(I)ccc(F)c1F)C(=N)N. The van der Waals surface area contributed by atoms with Gasteiger partial charge in [0.05, 0.1) is 0 Å². The van der Waals surface area contributed by atoms with E-state index in [0.717, 1.165) is 6.07 Å². The summed E-state index contributed by atoms with van der Waals surface area (Å²) in [5.74, 6) is -2.71. The van der Waals surface area contributed by atoms with Crippen LogP contribution in [-0.2, 0) is 0 Å². The Hall–Kier alpha value is -1.76. The molecule has 0 aliphatic rings. The van der Waals surface area contributed by atoms with Crippen LogP contribution >= 0.6 is 22.6 Å². The highest BCUT2D eigenvalue weighted by Gasteiger charge is 2.12. The molecular formula is C9H6F2IN5. The first-order chi connectivity index (χ1) is 7.97. The molecule has 88 valence electrons. The monoisotopic (exact) mass is 349 g/mol. The van der Waals surface area contributed by atoms with E-state index in [1.165, 1.54) is 6.07 Å². The van der Waals surface area contributed by atoms with Crippen LogP contribution in [0.2, 0.25) is 0 Å². The van der Waals surface area contributed by atoms with Gasteiger partial charge in [-0.3, -0.25) is 10.8 Å². The Bertz CT molecular complexity index is 535. The number of halogens is 3. The maximum absolute atomic E-state index is 13.3. The predicted molar refractivity (Wildman–Crippen MR) is 67.7 cm³/mol. The third-order valence-corrected chi connectivity index (χ3v) is 2.58. The third kappa shape index (κ3) is 3.10. The van der Waals surface area contributed by atoms with Crippen molar-refractivity contribution in [2.75, 3.05) is 5.43 Å². The fourth-order valence-electron chi connectivity index (χ4n) is 0.887. The second kappa shape index (κ2) is 5.53. The largest absolute Gasteiger partial charge is 0.382 e. The predicted octanol–water partition coefficient (Wildman–Crippen LogP) is 1.80. The van der Waals surface area contributed by atoms with E-state index in [0.29, 0.717) is 3.57 Å². The summed E-state index contributed by atoms with van der Waals surface area (Å²) >= 11 is 1.77. The van der Waals surface area contributed by atoms with Gasteiger partial charge in [0, 0.05) is 3.57 Å². The van der Waals surface area contributed by atoms with Crippen LogP contribution in [0.25, 0.3) is 0 Å². The van der Waals surface area contributed by atoms with Crippen molar-refractivity contribution in [1.29, 1.82) is 10.7 Å². The number of nitriles is 1.